The van der Waals surface area contributed by atoms with Crippen molar-refractivity contribution >= 4 is 18.9 Å². The number of Topliss-reactive ketones (excluding diaryl/α,β-unsaturated/α-hetero) is 1. The van der Waals surface area contributed by atoms with Gasteiger partial charge in [0, 0.05) is 18.7 Å². The maximum absolute atomic E-state index is 12.4. The first kappa shape index (κ1) is 20.5. The first-order valence-electron chi connectivity index (χ1n) is 9.36. The smallest absolute Gasteiger partial charge is 0.526 e. The van der Waals surface area contributed by atoms with Crippen molar-refractivity contribution in [3.05, 3.63) is 29.3 Å². The van der Waals surface area contributed by atoms with Gasteiger partial charge in [0.15, 0.2) is 0 Å². The van der Waals surface area contributed by atoms with Gasteiger partial charge in [0.25, 0.3) is 0 Å². The van der Waals surface area contributed by atoms with E-state index in [4.69, 9.17) is 9.39 Å². The maximum Gasteiger partial charge on any atom is 0.526 e. The summed E-state index contributed by atoms with van der Waals surface area (Å²) in [5.41, 5.74) is 1.24. The third kappa shape index (κ3) is 5.59. The van der Waals surface area contributed by atoms with Crippen LogP contribution < -0.4 is 4.65 Å². The SMILES string of the molecule is CCCC(=O)C[C@H]1Cc2cccc(C(=O)OCCC(C)(C)C)c2OB1O. The van der Waals surface area contributed by atoms with Gasteiger partial charge in [0.2, 0.25) is 0 Å². The van der Waals surface area contributed by atoms with E-state index in [-0.39, 0.29) is 23.4 Å². The van der Waals surface area contributed by atoms with Gasteiger partial charge in [-0.15, -0.1) is 0 Å². The lowest BCUT2D eigenvalue weighted by Crippen LogP contribution is -2.36. The lowest BCUT2D eigenvalue weighted by atomic mass is 9.64. The summed E-state index contributed by atoms with van der Waals surface area (Å²) in [6.45, 7) is 8.56. The van der Waals surface area contributed by atoms with Crippen molar-refractivity contribution in [1.82, 2.24) is 0 Å². The second-order valence-electron chi connectivity index (χ2n) is 8.21. The molecule has 0 amide bonds. The van der Waals surface area contributed by atoms with E-state index in [0.29, 0.717) is 30.8 Å². The summed E-state index contributed by atoms with van der Waals surface area (Å²) in [5.74, 6) is -0.228. The molecule has 0 unspecified atom stereocenters. The molecule has 0 saturated heterocycles. The molecule has 1 aliphatic heterocycles. The Bertz CT molecular complexity index is 650. The second-order valence-corrected chi connectivity index (χ2v) is 8.21. The van der Waals surface area contributed by atoms with Crippen LogP contribution in [0.1, 0.15) is 69.3 Å². The van der Waals surface area contributed by atoms with Crippen LogP contribution in [0.2, 0.25) is 5.82 Å². The molecule has 142 valence electrons. The Labute approximate surface area is 156 Å². The number of carbonyl (C=O) groups is 2. The van der Waals surface area contributed by atoms with Crippen LogP contribution in [0.15, 0.2) is 18.2 Å². The Morgan fingerprint density at radius 2 is 2.08 bits per heavy atom. The minimum Gasteiger partial charge on any atom is -0.535 e. The molecule has 1 aromatic rings. The number of carbonyl (C=O) groups excluding carboxylic acids is 2. The third-order valence-corrected chi connectivity index (χ3v) is 4.54. The maximum atomic E-state index is 12.4. The van der Waals surface area contributed by atoms with E-state index in [1.807, 2.05) is 13.0 Å². The van der Waals surface area contributed by atoms with E-state index in [0.717, 1.165) is 18.4 Å². The molecule has 1 N–H and O–H groups in total. The van der Waals surface area contributed by atoms with Crippen molar-refractivity contribution in [2.24, 2.45) is 5.41 Å². The molecule has 5 nitrogen and oxygen atoms in total. The molecule has 6 heteroatoms. The van der Waals surface area contributed by atoms with E-state index < -0.39 is 13.1 Å². The van der Waals surface area contributed by atoms with Crippen molar-refractivity contribution in [1.29, 1.82) is 0 Å². The van der Waals surface area contributed by atoms with Crippen molar-refractivity contribution < 1.29 is 24.0 Å². The average molecular weight is 360 g/mol. The highest BCUT2D eigenvalue weighted by molar-refractivity contribution is 6.47. The number of esters is 1. The van der Waals surface area contributed by atoms with Gasteiger partial charge in [-0.3, -0.25) is 4.79 Å². The lowest BCUT2D eigenvalue weighted by Gasteiger charge is -2.28. The van der Waals surface area contributed by atoms with Crippen LogP contribution in [0.4, 0.5) is 0 Å². The van der Waals surface area contributed by atoms with E-state index in [9.17, 15) is 14.6 Å². The fraction of sp³-hybridized carbons (Fsp3) is 0.600. The first-order valence-corrected chi connectivity index (χ1v) is 9.36. The molecule has 1 heterocycles. The Morgan fingerprint density at radius 1 is 1.35 bits per heavy atom. The number of para-hydroxylation sites is 1. The largest absolute Gasteiger partial charge is 0.535 e. The highest BCUT2D eigenvalue weighted by Crippen LogP contribution is 2.36. The van der Waals surface area contributed by atoms with Crippen LogP contribution in [-0.2, 0) is 16.0 Å². The number of benzene rings is 1. The van der Waals surface area contributed by atoms with Crippen molar-refractivity contribution in [3.8, 4) is 5.75 Å². The Morgan fingerprint density at radius 3 is 2.73 bits per heavy atom. The molecule has 0 bridgehead atoms. The number of ketones is 1. The highest BCUT2D eigenvalue weighted by Gasteiger charge is 2.37. The lowest BCUT2D eigenvalue weighted by molar-refractivity contribution is -0.119. The van der Waals surface area contributed by atoms with Gasteiger partial charge in [-0.2, -0.15) is 0 Å². The summed E-state index contributed by atoms with van der Waals surface area (Å²) in [5, 5.41) is 10.3. The molecule has 0 aromatic heterocycles. The molecule has 26 heavy (non-hydrogen) atoms. The molecule has 0 aliphatic carbocycles. The standard InChI is InChI=1S/C20H29BO5/c1-5-7-16(22)13-15-12-14-8-6-9-17(18(14)26-21(15)24)19(23)25-11-10-20(2,3)4/h6,8-9,15,24H,5,7,10-13H2,1-4H3/t15-/m1/s1. The predicted molar refractivity (Wildman–Crippen MR) is 101 cm³/mol. The Hall–Kier alpha value is -1.82. The van der Waals surface area contributed by atoms with Crippen molar-refractivity contribution in [2.45, 2.75) is 65.6 Å². The van der Waals surface area contributed by atoms with Crippen LogP contribution in [-0.4, -0.2) is 30.5 Å². The minimum atomic E-state index is -1.09. The summed E-state index contributed by atoms with van der Waals surface area (Å²) < 4.78 is 11.0. The molecule has 0 fully saturated rings. The van der Waals surface area contributed by atoms with Crippen molar-refractivity contribution in [2.75, 3.05) is 6.61 Å². The highest BCUT2D eigenvalue weighted by atomic mass is 16.5. The number of rotatable bonds is 7. The van der Waals surface area contributed by atoms with Crippen LogP contribution in [0.5, 0.6) is 5.75 Å². The van der Waals surface area contributed by atoms with Gasteiger partial charge in [-0.25, -0.2) is 4.79 Å². The van der Waals surface area contributed by atoms with Gasteiger partial charge in [-0.1, -0.05) is 39.8 Å². The fourth-order valence-electron chi connectivity index (χ4n) is 3.02. The minimum absolute atomic E-state index is 0.0847. The third-order valence-electron chi connectivity index (χ3n) is 4.54. The van der Waals surface area contributed by atoms with Gasteiger partial charge < -0.3 is 14.4 Å². The molecule has 1 atom stereocenters. The number of fused-ring (bicyclic) bond motifs is 1. The summed E-state index contributed by atoms with van der Waals surface area (Å²) in [6, 6.07) is 5.29. The van der Waals surface area contributed by atoms with Crippen LogP contribution in [0, 0.1) is 5.41 Å². The topological polar surface area (TPSA) is 72.8 Å². The predicted octanol–water partition coefficient (Wildman–Crippen LogP) is 3.82. The summed E-state index contributed by atoms with van der Waals surface area (Å²) >= 11 is 0. The van der Waals surface area contributed by atoms with Crippen molar-refractivity contribution in [3.63, 3.8) is 0 Å². The molecule has 0 saturated carbocycles. The van der Waals surface area contributed by atoms with Gasteiger partial charge in [0.1, 0.15) is 17.1 Å². The van der Waals surface area contributed by atoms with E-state index in [1.165, 1.54) is 0 Å². The van der Waals surface area contributed by atoms with E-state index >= 15 is 0 Å². The van der Waals surface area contributed by atoms with E-state index in [2.05, 4.69) is 20.8 Å². The van der Waals surface area contributed by atoms with Crippen LogP contribution >= 0.6 is 0 Å². The molecular formula is C20H29BO5. The normalized spacial score (nSPS) is 16.7. The fourth-order valence-corrected chi connectivity index (χ4v) is 3.02. The number of hydrogen-bond donors (Lipinski definition) is 1. The zero-order chi connectivity index (χ0) is 19.3. The average Bonchev–Trinajstić information content (AvgIpc) is 2.54. The van der Waals surface area contributed by atoms with Gasteiger partial charge in [0.05, 0.1) is 6.61 Å². The van der Waals surface area contributed by atoms with Crippen LogP contribution in [0.3, 0.4) is 0 Å². The molecule has 1 aromatic carbocycles. The molecule has 1 aliphatic rings. The second kappa shape index (κ2) is 8.71. The quantitative estimate of drug-likeness (QED) is 0.591. The Balaban J connectivity index is 2.08. The molecule has 0 spiro atoms. The number of ether oxygens (including phenoxy) is 1. The summed E-state index contributed by atoms with van der Waals surface area (Å²) in [6.07, 6.45) is 2.86. The summed E-state index contributed by atoms with van der Waals surface area (Å²) in [4.78, 5) is 24.3. The molecule has 2 rings (SSSR count). The van der Waals surface area contributed by atoms with E-state index in [1.54, 1.807) is 12.1 Å². The zero-order valence-electron chi connectivity index (χ0n) is 16.2. The molecule has 0 radical (unpaired) electrons. The first-order chi connectivity index (χ1) is 12.2. The van der Waals surface area contributed by atoms with Gasteiger partial charge >= 0.3 is 13.1 Å². The van der Waals surface area contributed by atoms with Gasteiger partial charge in [-0.05, 0) is 36.3 Å². The monoisotopic (exact) mass is 360 g/mol. The summed E-state index contributed by atoms with van der Waals surface area (Å²) in [7, 11) is -1.09. The number of hydrogen-bond acceptors (Lipinski definition) is 5. The van der Waals surface area contributed by atoms with Crippen LogP contribution in [0.25, 0.3) is 0 Å². The molecular weight excluding hydrogens is 331 g/mol. The zero-order valence-corrected chi connectivity index (χ0v) is 16.2. The Kier molecular flexibility index (Phi) is 6.87.